The Bertz CT molecular complexity index is 1210. The zero-order valence-electron chi connectivity index (χ0n) is 19.6. The Hall–Kier alpha value is -3.29. The van der Waals surface area contributed by atoms with E-state index in [0.717, 1.165) is 24.8 Å². The summed E-state index contributed by atoms with van der Waals surface area (Å²) in [4.78, 5) is 25.7. The number of hydrogen-bond acceptors (Lipinski definition) is 4. The van der Waals surface area contributed by atoms with Crippen LogP contribution in [0.1, 0.15) is 36.9 Å². The van der Waals surface area contributed by atoms with E-state index in [2.05, 4.69) is 40.2 Å². The Labute approximate surface area is 199 Å². The van der Waals surface area contributed by atoms with Gasteiger partial charge in [0.05, 0.1) is 11.7 Å². The number of amides is 1. The van der Waals surface area contributed by atoms with Crippen molar-refractivity contribution in [3.05, 3.63) is 88.0 Å². The summed E-state index contributed by atoms with van der Waals surface area (Å²) in [5, 5.41) is 9.21. The van der Waals surface area contributed by atoms with E-state index in [1.807, 2.05) is 0 Å². The Morgan fingerprint density at radius 1 is 1.12 bits per heavy atom. The van der Waals surface area contributed by atoms with E-state index < -0.39 is 6.04 Å². The molecule has 1 heterocycles. The molecule has 1 aliphatic carbocycles. The van der Waals surface area contributed by atoms with E-state index in [9.17, 15) is 14.0 Å². The number of halogens is 1. The summed E-state index contributed by atoms with van der Waals surface area (Å²) in [7, 11) is 1.69. The quantitative estimate of drug-likeness (QED) is 0.475. The Morgan fingerprint density at radius 2 is 1.88 bits per heavy atom. The smallest absolute Gasteiger partial charge is 0.274 e. The number of aryl methyl sites for hydroxylation is 1. The number of carbonyl (C=O) groups excluding carboxylic acids is 1. The fourth-order valence-corrected chi connectivity index (χ4v) is 4.46. The van der Waals surface area contributed by atoms with Crippen molar-refractivity contribution in [1.82, 2.24) is 15.2 Å². The minimum atomic E-state index is -0.433. The normalized spacial score (nSPS) is 16.0. The molecule has 0 spiro atoms. The number of benzene rings is 2. The van der Waals surface area contributed by atoms with Gasteiger partial charge < -0.3 is 20.5 Å². The molecular weight excluding hydrogens is 431 g/mol. The van der Waals surface area contributed by atoms with E-state index in [4.69, 9.17) is 0 Å². The highest BCUT2D eigenvalue weighted by Gasteiger charge is 2.20. The second-order valence-electron chi connectivity index (χ2n) is 8.69. The van der Waals surface area contributed by atoms with Crippen LogP contribution in [0, 0.1) is 5.82 Å². The molecule has 1 aromatic heterocycles. The molecule has 7 heteroatoms. The van der Waals surface area contributed by atoms with Crippen LogP contribution in [0.25, 0.3) is 11.3 Å². The van der Waals surface area contributed by atoms with Crippen molar-refractivity contribution in [3.63, 3.8) is 0 Å². The van der Waals surface area contributed by atoms with E-state index in [-0.39, 0.29) is 29.0 Å². The van der Waals surface area contributed by atoms with Gasteiger partial charge in [-0.2, -0.15) is 0 Å². The summed E-state index contributed by atoms with van der Waals surface area (Å²) in [5.41, 5.74) is 4.05. The summed E-state index contributed by atoms with van der Waals surface area (Å²) < 4.78 is 15.1. The average molecular weight is 463 g/mol. The molecule has 0 saturated heterocycles. The lowest BCUT2D eigenvalue weighted by Crippen LogP contribution is -2.38. The molecule has 3 N–H and O–H groups in total. The second-order valence-corrected chi connectivity index (χ2v) is 8.69. The third-order valence-electron chi connectivity index (χ3n) is 6.49. The van der Waals surface area contributed by atoms with Gasteiger partial charge in [0.1, 0.15) is 11.5 Å². The minimum absolute atomic E-state index is 0.223. The van der Waals surface area contributed by atoms with Crippen molar-refractivity contribution < 1.29 is 9.18 Å². The maximum Gasteiger partial charge on any atom is 0.274 e. The van der Waals surface area contributed by atoms with E-state index in [0.29, 0.717) is 18.8 Å². The third kappa shape index (κ3) is 5.26. The molecule has 1 aliphatic rings. The number of anilines is 1. The van der Waals surface area contributed by atoms with Crippen LogP contribution in [0.15, 0.2) is 65.5 Å². The summed E-state index contributed by atoms with van der Waals surface area (Å²) in [6.07, 6.45) is 3.27. The van der Waals surface area contributed by atoms with Gasteiger partial charge in [0, 0.05) is 19.1 Å². The zero-order chi connectivity index (χ0) is 24.1. The Balaban J connectivity index is 1.59. The average Bonchev–Trinajstić information content (AvgIpc) is 2.86. The van der Waals surface area contributed by atoms with Gasteiger partial charge >= 0.3 is 0 Å². The molecule has 34 heavy (non-hydrogen) atoms. The van der Waals surface area contributed by atoms with Gasteiger partial charge in [-0.1, -0.05) is 24.3 Å². The van der Waals surface area contributed by atoms with Gasteiger partial charge in [-0.25, -0.2) is 4.39 Å². The van der Waals surface area contributed by atoms with Crippen LogP contribution in [0.3, 0.4) is 0 Å². The number of pyridine rings is 1. The molecule has 4 rings (SSSR count). The Kier molecular flexibility index (Phi) is 7.55. The first-order valence-electron chi connectivity index (χ1n) is 11.8. The van der Waals surface area contributed by atoms with E-state index in [1.54, 1.807) is 42.8 Å². The highest BCUT2D eigenvalue weighted by molar-refractivity contribution is 5.94. The number of hydrogen-bond donors (Lipinski definition) is 3. The number of fused-ring (bicyclic) bond motifs is 1. The standard InChI is InChI=1S/C27H31FN4O2/c1-18(29-2)26(33)31-24-14-15-25(20-10-12-21(28)13-11-20)32(27(24)34)17-16-30-23-9-5-7-19-6-3-4-8-22(19)23/h3-4,6,8,10-15,18,23,29-30H,5,7,9,16-17H2,1-2H3,(H,31,33)/t18-,23?/m0/s1. The zero-order valence-corrected chi connectivity index (χ0v) is 19.6. The monoisotopic (exact) mass is 462 g/mol. The van der Waals surface area contributed by atoms with Crippen molar-refractivity contribution >= 4 is 11.6 Å². The summed E-state index contributed by atoms with van der Waals surface area (Å²) in [6, 6.07) is 17.8. The van der Waals surface area contributed by atoms with Crippen molar-refractivity contribution in [3.8, 4) is 11.3 Å². The van der Waals surface area contributed by atoms with Crippen LogP contribution in [-0.4, -0.2) is 30.1 Å². The maximum absolute atomic E-state index is 13.5. The molecule has 178 valence electrons. The van der Waals surface area contributed by atoms with Crippen LogP contribution in [0.5, 0.6) is 0 Å². The lowest BCUT2D eigenvalue weighted by molar-refractivity contribution is -0.117. The van der Waals surface area contributed by atoms with Crippen molar-refractivity contribution in [2.45, 2.75) is 44.8 Å². The molecule has 2 atom stereocenters. The predicted octanol–water partition coefficient (Wildman–Crippen LogP) is 3.87. The molecule has 3 aromatic rings. The topological polar surface area (TPSA) is 75.2 Å². The minimum Gasteiger partial charge on any atom is -0.320 e. The van der Waals surface area contributed by atoms with Crippen LogP contribution in [0.4, 0.5) is 10.1 Å². The fraction of sp³-hybridized carbons (Fsp3) is 0.333. The molecule has 0 saturated carbocycles. The molecule has 6 nitrogen and oxygen atoms in total. The molecule has 1 amide bonds. The molecule has 0 fully saturated rings. The van der Waals surface area contributed by atoms with Crippen LogP contribution in [-0.2, 0) is 17.8 Å². The van der Waals surface area contributed by atoms with Crippen LogP contribution < -0.4 is 21.5 Å². The van der Waals surface area contributed by atoms with Gasteiger partial charge in [0.15, 0.2) is 0 Å². The van der Waals surface area contributed by atoms with Crippen molar-refractivity contribution in [2.75, 3.05) is 18.9 Å². The lowest BCUT2D eigenvalue weighted by Gasteiger charge is -2.27. The summed E-state index contributed by atoms with van der Waals surface area (Å²) in [6.45, 7) is 2.72. The Morgan fingerprint density at radius 3 is 2.65 bits per heavy atom. The lowest BCUT2D eigenvalue weighted by atomic mass is 9.88. The number of carbonyl (C=O) groups is 1. The molecule has 0 radical (unpaired) electrons. The van der Waals surface area contributed by atoms with Crippen LogP contribution >= 0.6 is 0 Å². The molecular formula is C27H31FN4O2. The number of nitrogens with zero attached hydrogens (tertiary/aromatic N) is 1. The second kappa shape index (κ2) is 10.8. The molecule has 0 bridgehead atoms. The number of likely N-dealkylation sites (N-methyl/N-ethyl adjacent to an activating group) is 1. The summed E-state index contributed by atoms with van der Waals surface area (Å²) >= 11 is 0. The number of aromatic nitrogens is 1. The molecule has 2 aromatic carbocycles. The maximum atomic E-state index is 13.5. The molecule has 1 unspecified atom stereocenters. The first kappa shape index (κ1) is 23.9. The number of nitrogens with one attached hydrogen (secondary N) is 3. The van der Waals surface area contributed by atoms with Crippen molar-refractivity contribution in [1.29, 1.82) is 0 Å². The third-order valence-corrected chi connectivity index (χ3v) is 6.49. The van der Waals surface area contributed by atoms with Gasteiger partial charge in [0.25, 0.3) is 5.56 Å². The van der Waals surface area contributed by atoms with Crippen molar-refractivity contribution in [2.24, 2.45) is 0 Å². The first-order chi connectivity index (χ1) is 16.5. The van der Waals surface area contributed by atoms with E-state index >= 15 is 0 Å². The first-order valence-corrected chi connectivity index (χ1v) is 11.8. The highest BCUT2D eigenvalue weighted by Crippen LogP contribution is 2.29. The van der Waals surface area contributed by atoms with Gasteiger partial charge in [0.2, 0.25) is 5.91 Å². The van der Waals surface area contributed by atoms with Gasteiger partial charge in [-0.15, -0.1) is 0 Å². The highest BCUT2D eigenvalue weighted by atomic mass is 19.1. The summed E-state index contributed by atoms with van der Waals surface area (Å²) in [5.74, 6) is -0.613. The fourth-order valence-electron chi connectivity index (χ4n) is 4.46. The van der Waals surface area contributed by atoms with Crippen LogP contribution in [0.2, 0.25) is 0 Å². The van der Waals surface area contributed by atoms with Gasteiger partial charge in [-0.3, -0.25) is 9.59 Å². The predicted molar refractivity (Wildman–Crippen MR) is 133 cm³/mol. The largest absolute Gasteiger partial charge is 0.320 e. The van der Waals surface area contributed by atoms with Gasteiger partial charge in [-0.05, 0) is 86.3 Å². The molecule has 0 aliphatic heterocycles. The number of rotatable bonds is 8. The SMILES string of the molecule is CN[C@@H](C)C(=O)Nc1ccc(-c2ccc(F)cc2)n(CCNC2CCCc3ccccc32)c1=O. The van der Waals surface area contributed by atoms with E-state index in [1.165, 1.54) is 23.3 Å².